The Hall–Kier alpha value is -1.03. The summed E-state index contributed by atoms with van der Waals surface area (Å²) in [6, 6.07) is -0.387. The lowest BCUT2D eigenvalue weighted by atomic mass is 10.2. The molecular formula is C10H13N3O2S. The highest BCUT2D eigenvalue weighted by atomic mass is 32.2. The van der Waals surface area contributed by atoms with Crippen LogP contribution in [0.3, 0.4) is 0 Å². The Morgan fingerprint density at radius 3 is 3.25 bits per heavy atom. The first kappa shape index (κ1) is 11.5. The van der Waals surface area contributed by atoms with Crippen molar-refractivity contribution in [3.8, 4) is 12.3 Å². The molecule has 1 aliphatic heterocycles. The van der Waals surface area contributed by atoms with E-state index in [1.54, 1.807) is 0 Å². The smallest absolute Gasteiger partial charge is 0.244 e. The Morgan fingerprint density at radius 1 is 1.69 bits per heavy atom. The summed E-state index contributed by atoms with van der Waals surface area (Å²) in [5.41, 5.74) is 5.76. The first-order valence-electron chi connectivity index (χ1n) is 5.03. The van der Waals surface area contributed by atoms with Crippen molar-refractivity contribution in [2.75, 3.05) is 18.1 Å². The Balaban J connectivity index is 2.04. The number of aromatic nitrogens is 2. The predicted molar refractivity (Wildman–Crippen MR) is 60.7 cm³/mol. The molecule has 2 atom stereocenters. The molecule has 0 saturated carbocycles. The normalized spacial score (nSPS) is 22.6. The molecule has 1 aliphatic rings. The van der Waals surface area contributed by atoms with Crippen molar-refractivity contribution in [2.45, 2.75) is 18.6 Å². The number of hydrogen-bond donors (Lipinski definition) is 1. The van der Waals surface area contributed by atoms with E-state index in [4.69, 9.17) is 21.4 Å². The molecule has 2 N–H and O–H groups in total. The van der Waals surface area contributed by atoms with Gasteiger partial charge in [-0.05, 0) is 0 Å². The van der Waals surface area contributed by atoms with Gasteiger partial charge in [-0.25, -0.2) is 0 Å². The predicted octanol–water partition coefficient (Wildman–Crippen LogP) is 0.897. The number of rotatable bonds is 3. The molecule has 86 valence electrons. The van der Waals surface area contributed by atoms with E-state index in [0.717, 1.165) is 18.1 Å². The van der Waals surface area contributed by atoms with Gasteiger partial charge in [-0.2, -0.15) is 16.7 Å². The van der Waals surface area contributed by atoms with Gasteiger partial charge in [0.25, 0.3) is 0 Å². The summed E-state index contributed by atoms with van der Waals surface area (Å²) in [5.74, 6) is 5.27. The van der Waals surface area contributed by atoms with Crippen molar-refractivity contribution < 1.29 is 9.26 Å². The molecule has 0 radical (unpaired) electrons. The summed E-state index contributed by atoms with van der Waals surface area (Å²) in [5, 5.41) is 3.87. The summed E-state index contributed by atoms with van der Waals surface area (Å²) < 4.78 is 10.6. The third-order valence-electron chi connectivity index (χ3n) is 2.22. The molecule has 1 saturated heterocycles. The van der Waals surface area contributed by atoms with Gasteiger partial charge in [0.15, 0.2) is 0 Å². The molecule has 0 aromatic carbocycles. The lowest BCUT2D eigenvalue weighted by Gasteiger charge is -2.18. The first-order valence-corrected chi connectivity index (χ1v) is 6.18. The fourth-order valence-electron chi connectivity index (χ4n) is 1.38. The summed E-state index contributed by atoms with van der Waals surface area (Å²) in [6.07, 6.45) is 5.47. The van der Waals surface area contributed by atoms with E-state index in [-0.39, 0.29) is 12.1 Å². The van der Waals surface area contributed by atoms with E-state index in [0.29, 0.717) is 18.1 Å². The van der Waals surface area contributed by atoms with Crippen LogP contribution in [0.2, 0.25) is 0 Å². The van der Waals surface area contributed by atoms with Gasteiger partial charge < -0.3 is 15.0 Å². The molecule has 1 aromatic rings. The van der Waals surface area contributed by atoms with Gasteiger partial charge in [-0.15, -0.1) is 12.3 Å². The van der Waals surface area contributed by atoms with Crippen LogP contribution in [-0.2, 0) is 4.74 Å². The number of nitrogens with zero attached hydrogens (tertiary/aromatic N) is 2. The minimum Gasteiger partial charge on any atom is -0.368 e. The summed E-state index contributed by atoms with van der Waals surface area (Å²) in [4.78, 5) is 4.22. The van der Waals surface area contributed by atoms with E-state index in [9.17, 15) is 0 Å². The topological polar surface area (TPSA) is 74.2 Å². The van der Waals surface area contributed by atoms with Gasteiger partial charge in [0, 0.05) is 17.9 Å². The van der Waals surface area contributed by atoms with Crippen LogP contribution in [0.5, 0.6) is 0 Å². The maximum atomic E-state index is 5.76. The van der Waals surface area contributed by atoms with E-state index in [1.807, 2.05) is 11.8 Å². The first-order chi connectivity index (χ1) is 7.81. The maximum absolute atomic E-state index is 5.76. The molecule has 2 rings (SSSR count). The second kappa shape index (κ2) is 5.34. The molecule has 0 amide bonds. The quantitative estimate of drug-likeness (QED) is 0.790. The highest BCUT2D eigenvalue weighted by Crippen LogP contribution is 2.25. The minimum atomic E-state index is -0.387. The molecule has 2 unspecified atom stereocenters. The second-order valence-electron chi connectivity index (χ2n) is 3.44. The fourth-order valence-corrected chi connectivity index (χ4v) is 2.22. The Labute approximate surface area is 98.1 Å². The van der Waals surface area contributed by atoms with Crippen LogP contribution in [0, 0.1) is 12.3 Å². The number of nitrogens with two attached hydrogens (primary N) is 1. The molecular weight excluding hydrogens is 226 g/mol. The van der Waals surface area contributed by atoms with Gasteiger partial charge in [0.2, 0.25) is 11.7 Å². The fraction of sp³-hybridized carbons (Fsp3) is 0.600. The van der Waals surface area contributed by atoms with Gasteiger partial charge in [-0.3, -0.25) is 0 Å². The highest BCUT2D eigenvalue weighted by molar-refractivity contribution is 7.99. The lowest BCUT2D eigenvalue weighted by Crippen LogP contribution is -2.17. The van der Waals surface area contributed by atoms with Crippen molar-refractivity contribution in [3.05, 3.63) is 11.7 Å². The van der Waals surface area contributed by atoms with Crippen molar-refractivity contribution in [1.29, 1.82) is 0 Å². The zero-order valence-electron chi connectivity index (χ0n) is 8.76. The molecule has 6 heteroatoms. The van der Waals surface area contributed by atoms with Crippen LogP contribution in [0.4, 0.5) is 0 Å². The zero-order chi connectivity index (χ0) is 11.4. The van der Waals surface area contributed by atoms with Crippen LogP contribution < -0.4 is 5.73 Å². The summed E-state index contributed by atoms with van der Waals surface area (Å²) >= 11 is 1.82. The number of terminal acetylenes is 1. The van der Waals surface area contributed by atoms with Crippen LogP contribution >= 0.6 is 11.8 Å². The average molecular weight is 239 g/mol. The Morgan fingerprint density at radius 2 is 2.56 bits per heavy atom. The molecule has 1 fully saturated rings. The molecule has 0 aliphatic carbocycles. The molecule has 2 heterocycles. The van der Waals surface area contributed by atoms with Crippen LogP contribution in [-0.4, -0.2) is 28.3 Å². The van der Waals surface area contributed by atoms with Gasteiger partial charge in [0.05, 0.1) is 12.6 Å². The standard InChI is InChI=1S/C10H13N3O2S/c1-2-3-7(11)10-12-9(13-15-10)8-6-16-5-4-14-8/h1,7-8H,3-6,11H2. The van der Waals surface area contributed by atoms with E-state index in [2.05, 4.69) is 16.1 Å². The number of hydrogen-bond acceptors (Lipinski definition) is 6. The second-order valence-corrected chi connectivity index (χ2v) is 4.59. The lowest BCUT2D eigenvalue weighted by molar-refractivity contribution is 0.0677. The van der Waals surface area contributed by atoms with Crippen molar-refractivity contribution in [3.63, 3.8) is 0 Å². The molecule has 0 spiro atoms. The highest BCUT2D eigenvalue weighted by Gasteiger charge is 2.23. The summed E-state index contributed by atoms with van der Waals surface area (Å²) in [7, 11) is 0. The minimum absolute atomic E-state index is 0.0886. The van der Waals surface area contributed by atoms with Gasteiger partial charge in [0.1, 0.15) is 6.10 Å². The SMILES string of the molecule is C#CCC(N)c1nc(C2CSCCO2)no1. The molecule has 5 nitrogen and oxygen atoms in total. The third kappa shape index (κ3) is 2.55. The maximum Gasteiger partial charge on any atom is 0.244 e. The largest absolute Gasteiger partial charge is 0.368 e. The van der Waals surface area contributed by atoms with Gasteiger partial charge >= 0.3 is 0 Å². The van der Waals surface area contributed by atoms with Crippen molar-refractivity contribution in [2.24, 2.45) is 5.73 Å². The summed E-state index contributed by atoms with van der Waals surface area (Å²) in [6.45, 7) is 0.718. The van der Waals surface area contributed by atoms with Crippen molar-refractivity contribution in [1.82, 2.24) is 10.1 Å². The number of ether oxygens (including phenoxy) is 1. The molecule has 16 heavy (non-hydrogen) atoms. The Kier molecular flexibility index (Phi) is 3.83. The average Bonchev–Trinajstić information content (AvgIpc) is 2.80. The molecule has 1 aromatic heterocycles. The van der Waals surface area contributed by atoms with Crippen molar-refractivity contribution >= 4 is 11.8 Å². The third-order valence-corrected chi connectivity index (χ3v) is 3.21. The zero-order valence-corrected chi connectivity index (χ0v) is 9.57. The Bertz CT molecular complexity index is 382. The van der Waals surface area contributed by atoms with Gasteiger partial charge in [-0.1, -0.05) is 5.16 Å². The van der Waals surface area contributed by atoms with Crippen LogP contribution in [0.25, 0.3) is 0 Å². The van der Waals surface area contributed by atoms with E-state index in [1.165, 1.54) is 0 Å². The van der Waals surface area contributed by atoms with E-state index >= 15 is 0 Å². The monoisotopic (exact) mass is 239 g/mol. The number of thioether (sulfide) groups is 1. The molecule has 0 bridgehead atoms. The van der Waals surface area contributed by atoms with E-state index < -0.39 is 0 Å². The van der Waals surface area contributed by atoms with Crippen LogP contribution in [0.15, 0.2) is 4.52 Å². The van der Waals surface area contributed by atoms with Crippen LogP contribution in [0.1, 0.15) is 30.3 Å².